The SMILES string of the molecule is C=C/C=C(/c1ccc(C)s1)c1cc(-c2[nH]nc3ncc(-c4cncc(NC(=C)C(C)C)c4)cc23)[nH]c1C. The number of rotatable bonds is 8. The van der Waals surface area contributed by atoms with Crippen molar-refractivity contribution >= 4 is 33.6 Å². The van der Waals surface area contributed by atoms with Crippen LogP contribution in [0.5, 0.6) is 0 Å². The van der Waals surface area contributed by atoms with Gasteiger partial charge in [-0.05, 0) is 50.1 Å². The van der Waals surface area contributed by atoms with Crippen molar-refractivity contribution in [2.45, 2.75) is 27.7 Å². The molecule has 37 heavy (non-hydrogen) atoms. The van der Waals surface area contributed by atoms with E-state index in [0.29, 0.717) is 11.6 Å². The fourth-order valence-corrected chi connectivity index (χ4v) is 5.14. The number of hydrogen-bond acceptors (Lipinski definition) is 5. The minimum absolute atomic E-state index is 0.329. The third kappa shape index (κ3) is 4.90. The van der Waals surface area contributed by atoms with Crippen LogP contribution in [0.25, 0.3) is 39.1 Å². The molecular formula is C30H30N6S. The van der Waals surface area contributed by atoms with Crippen LogP contribution in [0, 0.1) is 19.8 Å². The Labute approximate surface area is 220 Å². The molecule has 5 heterocycles. The van der Waals surface area contributed by atoms with Crippen LogP contribution >= 0.6 is 11.3 Å². The monoisotopic (exact) mass is 506 g/mol. The summed E-state index contributed by atoms with van der Waals surface area (Å²) >= 11 is 1.78. The Balaban J connectivity index is 1.53. The molecule has 0 radical (unpaired) electrons. The number of fused-ring (bicyclic) bond motifs is 1. The first-order chi connectivity index (χ1) is 17.8. The number of aromatic nitrogens is 5. The predicted octanol–water partition coefficient (Wildman–Crippen LogP) is 7.89. The largest absolute Gasteiger partial charge is 0.358 e. The highest BCUT2D eigenvalue weighted by atomic mass is 32.1. The molecule has 5 rings (SSSR count). The lowest BCUT2D eigenvalue weighted by atomic mass is 10.0. The normalized spacial score (nSPS) is 11.9. The van der Waals surface area contributed by atoms with Crippen LogP contribution < -0.4 is 5.32 Å². The van der Waals surface area contributed by atoms with Gasteiger partial charge in [0.1, 0.15) is 0 Å². The van der Waals surface area contributed by atoms with Gasteiger partial charge >= 0.3 is 0 Å². The molecule has 0 aliphatic rings. The van der Waals surface area contributed by atoms with Gasteiger partial charge in [-0.2, -0.15) is 5.10 Å². The lowest BCUT2D eigenvalue weighted by Gasteiger charge is -2.13. The summed E-state index contributed by atoms with van der Waals surface area (Å²) in [6.07, 6.45) is 9.39. The van der Waals surface area contributed by atoms with E-state index in [1.807, 2.05) is 18.5 Å². The highest BCUT2D eigenvalue weighted by Gasteiger charge is 2.17. The highest BCUT2D eigenvalue weighted by molar-refractivity contribution is 7.13. The number of anilines is 1. The molecular weight excluding hydrogens is 476 g/mol. The van der Waals surface area contributed by atoms with Gasteiger partial charge in [0.15, 0.2) is 5.65 Å². The van der Waals surface area contributed by atoms with Crippen molar-refractivity contribution in [3.05, 3.63) is 101 Å². The molecule has 0 saturated heterocycles. The van der Waals surface area contributed by atoms with Crippen LogP contribution in [0.3, 0.4) is 0 Å². The van der Waals surface area contributed by atoms with E-state index in [1.54, 1.807) is 17.5 Å². The summed E-state index contributed by atoms with van der Waals surface area (Å²) in [5.41, 5.74) is 9.67. The maximum atomic E-state index is 4.62. The molecule has 6 nitrogen and oxygen atoms in total. The van der Waals surface area contributed by atoms with Gasteiger partial charge in [0.05, 0.1) is 23.3 Å². The standard InChI is InChI=1S/C30H30N6S/c1-7-8-24(28-10-9-18(4)37-28)25-13-27(34-20(25)6)29-26-12-22(15-32-30(26)36-35-29)21-11-23(16-31-14-21)33-19(5)17(2)3/h7-17,33-34H,1,5H2,2-4,6H3,(H,32,35,36)/b24-8+. The van der Waals surface area contributed by atoms with Gasteiger partial charge < -0.3 is 10.3 Å². The van der Waals surface area contributed by atoms with Crippen LogP contribution in [0.15, 0.2) is 79.9 Å². The second-order valence-electron chi connectivity index (χ2n) is 9.41. The van der Waals surface area contributed by atoms with E-state index in [1.165, 1.54) is 9.75 Å². The average Bonchev–Trinajstić information content (AvgIpc) is 3.60. The third-order valence-electron chi connectivity index (χ3n) is 6.35. The maximum absolute atomic E-state index is 4.62. The summed E-state index contributed by atoms with van der Waals surface area (Å²) in [6.45, 7) is 16.5. The lowest BCUT2D eigenvalue weighted by molar-refractivity contribution is 0.778. The number of nitrogens with zero attached hydrogens (tertiary/aromatic N) is 3. The highest BCUT2D eigenvalue weighted by Crippen LogP contribution is 2.36. The number of thiophene rings is 1. The Morgan fingerprint density at radius 1 is 1.08 bits per heavy atom. The Hall–Kier alpha value is -4.23. The third-order valence-corrected chi connectivity index (χ3v) is 7.38. The van der Waals surface area contributed by atoms with Crippen LogP contribution in [-0.2, 0) is 0 Å². The number of hydrogen-bond donors (Lipinski definition) is 3. The van der Waals surface area contributed by atoms with Gasteiger partial charge in [0.25, 0.3) is 0 Å². The fourth-order valence-electron chi connectivity index (χ4n) is 4.23. The lowest BCUT2D eigenvalue weighted by Crippen LogP contribution is -2.04. The summed E-state index contributed by atoms with van der Waals surface area (Å²) in [6, 6.07) is 10.7. The molecule has 0 saturated carbocycles. The van der Waals surface area contributed by atoms with Crippen LogP contribution in [0.4, 0.5) is 5.69 Å². The minimum Gasteiger partial charge on any atom is -0.358 e. The van der Waals surface area contributed by atoms with Crippen molar-refractivity contribution in [1.29, 1.82) is 0 Å². The second-order valence-corrected chi connectivity index (χ2v) is 10.7. The van der Waals surface area contributed by atoms with Crippen LogP contribution in [0.1, 0.15) is 34.9 Å². The minimum atomic E-state index is 0.329. The van der Waals surface area contributed by atoms with Gasteiger partial charge in [-0.1, -0.05) is 39.2 Å². The Morgan fingerprint density at radius 3 is 2.62 bits per heavy atom. The molecule has 0 aromatic carbocycles. The summed E-state index contributed by atoms with van der Waals surface area (Å²) in [5, 5.41) is 12.0. The van der Waals surface area contributed by atoms with E-state index in [-0.39, 0.29) is 0 Å². The summed E-state index contributed by atoms with van der Waals surface area (Å²) in [4.78, 5) is 15.1. The van der Waals surface area contributed by atoms with Crippen molar-refractivity contribution in [3.63, 3.8) is 0 Å². The molecule has 0 aliphatic carbocycles. The van der Waals surface area contributed by atoms with Crippen molar-refractivity contribution in [3.8, 4) is 22.5 Å². The molecule has 0 aliphatic heterocycles. The Bertz CT molecular complexity index is 1650. The number of pyridine rings is 2. The first-order valence-electron chi connectivity index (χ1n) is 12.2. The second kappa shape index (κ2) is 10.0. The summed E-state index contributed by atoms with van der Waals surface area (Å²) < 4.78 is 0. The van der Waals surface area contributed by atoms with Gasteiger partial charge in [-0.25, -0.2) is 4.98 Å². The van der Waals surface area contributed by atoms with E-state index in [0.717, 1.165) is 56.1 Å². The zero-order valence-electron chi connectivity index (χ0n) is 21.5. The average molecular weight is 507 g/mol. The molecule has 0 atom stereocenters. The van der Waals surface area contributed by atoms with Gasteiger partial charge in [0, 0.05) is 61.2 Å². The van der Waals surface area contributed by atoms with Crippen molar-refractivity contribution < 1.29 is 0 Å². The number of H-pyrrole nitrogens is 2. The quantitative estimate of drug-likeness (QED) is 0.187. The molecule has 0 fully saturated rings. The summed E-state index contributed by atoms with van der Waals surface area (Å²) in [7, 11) is 0. The molecule has 186 valence electrons. The topological polar surface area (TPSA) is 82.3 Å². The molecule has 5 aromatic heterocycles. The van der Waals surface area contributed by atoms with Crippen LogP contribution in [-0.4, -0.2) is 25.1 Å². The molecule has 0 bridgehead atoms. The smallest absolute Gasteiger partial charge is 0.181 e. The van der Waals surface area contributed by atoms with Crippen molar-refractivity contribution in [2.24, 2.45) is 5.92 Å². The molecule has 0 unspecified atom stereocenters. The number of nitrogens with one attached hydrogen (secondary N) is 3. The zero-order chi connectivity index (χ0) is 26.1. The maximum Gasteiger partial charge on any atom is 0.181 e. The van der Waals surface area contributed by atoms with E-state index in [9.17, 15) is 0 Å². The Kier molecular flexibility index (Phi) is 6.63. The number of aryl methyl sites for hydroxylation is 2. The molecule has 3 N–H and O–H groups in total. The molecule has 0 amide bonds. The number of aromatic amines is 2. The van der Waals surface area contributed by atoms with E-state index in [2.05, 4.69) is 108 Å². The predicted molar refractivity (Wildman–Crippen MR) is 156 cm³/mol. The number of allylic oxidation sites excluding steroid dienone is 3. The summed E-state index contributed by atoms with van der Waals surface area (Å²) in [5.74, 6) is 0.329. The molecule has 5 aromatic rings. The first kappa shape index (κ1) is 24.5. The van der Waals surface area contributed by atoms with Gasteiger partial charge in [-0.3, -0.25) is 10.1 Å². The zero-order valence-corrected chi connectivity index (χ0v) is 22.3. The fraction of sp³-hybridized carbons (Fsp3) is 0.167. The first-order valence-corrected chi connectivity index (χ1v) is 13.0. The van der Waals surface area contributed by atoms with Crippen molar-refractivity contribution in [2.75, 3.05) is 5.32 Å². The van der Waals surface area contributed by atoms with E-state index in [4.69, 9.17) is 0 Å². The Morgan fingerprint density at radius 2 is 1.89 bits per heavy atom. The molecule has 0 spiro atoms. The van der Waals surface area contributed by atoms with Crippen molar-refractivity contribution in [1.82, 2.24) is 25.1 Å². The van der Waals surface area contributed by atoms with Gasteiger partial charge in [-0.15, -0.1) is 11.3 Å². The van der Waals surface area contributed by atoms with Gasteiger partial charge in [0.2, 0.25) is 0 Å². The van der Waals surface area contributed by atoms with E-state index >= 15 is 0 Å². The van der Waals surface area contributed by atoms with Crippen LogP contribution in [0.2, 0.25) is 0 Å². The van der Waals surface area contributed by atoms with E-state index < -0.39 is 0 Å². The molecule has 7 heteroatoms.